The standard InChI is InChI=1S/C8H12N4O4/c9-7-10-3-12(8(15)11-7)6-1-4(14)5(2-13)16-6/h3-6,13-14H,1-2H2,(H2,9,11,15)/p+1/t4?,5-,6-/m1/s1. The molecular formula is C8H13N4O4+. The fraction of sp³-hybridized carbons (Fsp3) is 0.625. The number of aromatic amines is 1. The third-order valence-corrected chi connectivity index (χ3v) is 2.49. The van der Waals surface area contributed by atoms with Crippen LogP contribution < -0.4 is 16.0 Å². The van der Waals surface area contributed by atoms with Crippen molar-refractivity contribution in [2.24, 2.45) is 0 Å². The van der Waals surface area contributed by atoms with Gasteiger partial charge in [0.05, 0.1) is 12.7 Å². The maximum Gasteiger partial charge on any atom is 0.446 e. The van der Waals surface area contributed by atoms with Gasteiger partial charge in [0.15, 0.2) is 6.23 Å². The third kappa shape index (κ3) is 1.90. The Labute approximate surface area is 90.3 Å². The van der Waals surface area contributed by atoms with E-state index in [0.717, 1.165) is 0 Å². The van der Waals surface area contributed by atoms with Gasteiger partial charge in [-0.05, 0) is 0 Å². The molecule has 88 valence electrons. The summed E-state index contributed by atoms with van der Waals surface area (Å²) in [5, 5.41) is 18.4. The summed E-state index contributed by atoms with van der Waals surface area (Å²) >= 11 is 0. The van der Waals surface area contributed by atoms with Crippen molar-refractivity contribution in [3.8, 4) is 0 Å². The fourth-order valence-electron chi connectivity index (χ4n) is 1.64. The van der Waals surface area contributed by atoms with Gasteiger partial charge in [0.25, 0.3) is 0 Å². The Bertz CT molecular complexity index is 434. The number of nitrogen functional groups attached to an aromatic ring is 1. The zero-order chi connectivity index (χ0) is 11.7. The second kappa shape index (κ2) is 4.16. The molecule has 8 nitrogen and oxygen atoms in total. The lowest BCUT2D eigenvalue weighted by Gasteiger charge is -2.09. The van der Waals surface area contributed by atoms with E-state index >= 15 is 0 Å². The minimum atomic E-state index is -0.792. The van der Waals surface area contributed by atoms with Crippen molar-refractivity contribution in [2.45, 2.75) is 24.9 Å². The second-order valence-electron chi connectivity index (χ2n) is 3.58. The molecule has 0 aliphatic carbocycles. The van der Waals surface area contributed by atoms with Gasteiger partial charge in [0.2, 0.25) is 6.33 Å². The predicted molar refractivity (Wildman–Crippen MR) is 51.1 cm³/mol. The molecule has 3 atom stereocenters. The number of nitrogens with zero attached hydrogens (tertiary/aromatic N) is 2. The minimum Gasteiger partial charge on any atom is -0.394 e. The van der Waals surface area contributed by atoms with Crippen molar-refractivity contribution in [3.63, 3.8) is 0 Å². The highest BCUT2D eigenvalue weighted by atomic mass is 16.5. The molecule has 1 aromatic rings. The Morgan fingerprint density at radius 2 is 2.50 bits per heavy atom. The lowest BCUT2D eigenvalue weighted by molar-refractivity contribution is -0.776. The summed E-state index contributed by atoms with van der Waals surface area (Å²) in [6.45, 7) is -0.293. The molecule has 0 bridgehead atoms. The summed E-state index contributed by atoms with van der Waals surface area (Å²) in [5.74, 6) is 0.0125. The molecule has 1 fully saturated rings. The quantitative estimate of drug-likeness (QED) is 0.408. The normalized spacial score (nSPS) is 29.5. The van der Waals surface area contributed by atoms with Crippen LogP contribution in [0, 0.1) is 0 Å². The van der Waals surface area contributed by atoms with Crippen LogP contribution in [0.15, 0.2) is 11.1 Å². The van der Waals surface area contributed by atoms with Crippen LogP contribution in [0.25, 0.3) is 0 Å². The second-order valence-corrected chi connectivity index (χ2v) is 3.58. The van der Waals surface area contributed by atoms with Gasteiger partial charge >= 0.3 is 11.6 Å². The van der Waals surface area contributed by atoms with Crippen LogP contribution >= 0.6 is 0 Å². The molecule has 0 spiro atoms. The SMILES string of the molecule is Nc1nc[n+]([C@H]2CC(O)[C@@H](CO)O2)c(=O)[nH]1. The van der Waals surface area contributed by atoms with Crippen LogP contribution in [-0.2, 0) is 4.74 Å². The Hall–Kier alpha value is -1.51. The summed E-state index contributed by atoms with van der Waals surface area (Å²) in [6, 6.07) is 0. The van der Waals surface area contributed by atoms with E-state index in [4.69, 9.17) is 15.6 Å². The lowest BCUT2D eigenvalue weighted by Crippen LogP contribution is -2.55. The van der Waals surface area contributed by atoms with Gasteiger partial charge in [-0.25, -0.2) is 4.79 Å². The van der Waals surface area contributed by atoms with E-state index in [1.54, 1.807) is 0 Å². The maximum absolute atomic E-state index is 11.5. The molecule has 0 saturated carbocycles. The number of hydrogen-bond acceptors (Lipinski definition) is 6. The Morgan fingerprint density at radius 3 is 3.06 bits per heavy atom. The lowest BCUT2D eigenvalue weighted by atomic mass is 10.2. The number of aromatic nitrogens is 3. The third-order valence-electron chi connectivity index (χ3n) is 2.49. The number of anilines is 1. The number of ether oxygens (including phenoxy) is 1. The van der Waals surface area contributed by atoms with Crippen molar-refractivity contribution >= 4 is 5.95 Å². The Balaban J connectivity index is 2.23. The van der Waals surface area contributed by atoms with Crippen LogP contribution in [0.3, 0.4) is 0 Å². The first-order valence-electron chi connectivity index (χ1n) is 4.82. The zero-order valence-corrected chi connectivity index (χ0v) is 8.41. The molecule has 2 rings (SSSR count). The van der Waals surface area contributed by atoms with Gasteiger partial charge in [0.1, 0.15) is 6.10 Å². The van der Waals surface area contributed by atoms with Gasteiger partial charge in [0, 0.05) is 6.42 Å². The molecule has 8 heteroatoms. The van der Waals surface area contributed by atoms with E-state index < -0.39 is 24.1 Å². The largest absolute Gasteiger partial charge is 0.446 e. The number of nitrogens with two attached hydrogens (primary N) is 1. The molecule has 16 heavy (non-hydrogen) atoms. The van der Waals surface area contributed by atoms with E-state index in [-0.39, 0.29) is 19.0 Å². The summed E-state index contributed by atoms with van der Waals surface area (Å²) in [7, 11) is 0. The van der Waals surface area contributed by atoms with Crippen molar-refractivity contribution in [2.75, 3.05) is 12.3 Å². The minimum absolute atomic E-state index is 0.0125. The Kier molecular flexibility index (Phi) is 2.86. The van der Waals surface area contributed by atoms with Gasteiger partial charge in [-0.1, -0.05) is 4.98 Å². The van der Waals surface area contributed by atoms with Crippen LogP contribution in [0.4, 0.5) is 5.95 Å². The average Bonchev–Trinajstić information content (AvgIpc) is 2.59. The molecule has 5 N–H and O–H groups in total. The number of aliphatic hydroxyl groups excluding tert-OH is 2. The van der Waals surface area contributed by atoms with Crippen molar-refractivity contribution in [1.82, 2.24) is 9.97 Å². The molecule has 0 amide bonds. The molecule has 1 aromatic heterocycles. The zero-order valence-electron chi connectivity index (χ0n) is 8.41. The summed E-state index contributed by atoms with van der Waals surface area (Å²) in [4.78, 5) is 17.5. The van der Waals surface area contributed by atoms with E-state index in [2.05, 4.69) is 9.97 Å². The molecule has 0 radical (unpaired) electrons. The number of H-pyrrole nitrogens is 1. The fourth-order valence-corrected chi connectivity index (χ4v) is 1.64. The van der Waals surface area contributed by atoms with Gasteiger partial charge in [-0.3, -0.25) is 0 Å². The van der Waals surface area contributed by atoms with Crippen LogP contribution in [0.1, 0.15) is 12.6 Å². The van der Waals surface area contributed by atoms with Crippen molar-refractivity contribution < 1.29 is 19.5 Å². The molecule has 1 saturated heterocycles. The van der Waals surface area contributed by atoms with Crippen LogP contribution in [0.5, 0.6) is 0 Å². The number of nitrogens with one attached hydrogen (secondary N) is 1. The van der Waals surface area contributed by atoms with Gasteiger partial charge in [-0.15, -0.1) is 0 Å². The van der Waals surface area contributed by atoms with Crippen LogP contribution in [-0.4, -0.2) is 39.0 Å². The van der Waals surface area contributed by atoms with E-state index in [1.807, 2.05) is 0 Å². The summed E-state index contributed by atoms with van der Waals surface area (Å²) in [6.07, 6.45) is -0.631. The topological polar surface area (TPSA) is 125 Å². The monoisotopic (exact) mass is 229 g/mol. The summed E-state index contributed by atoms with van der Waals surface area (Å²) < 4.78 is 6.48. The molecule has 1 unspecified atom stereocenters. The first-order valence-corrected chi connectivity index (χ1v) is 4.82. The van der Waals surface area contributed by atoms with E-state index in [1.165, 1.54) is 10.9 Å². The van der Waals surface area contributed by atoms with Crippen LogP contribution in [0.2, 0.25) is 0 Å². The van der Waals surface area contributed by atoms with Gasteiger partial charge in [-0.2, -0.15) is 9.55 Å². The predicted octanol–water partition coefficient (Wildman–Crippen LogP) is -2.72. The highest BCUT2D eigenvalue weighted by molar-refractivity contribution is 5.07. The van der Waals surface area contributed by atoms with E-state index in [9.17, 15) is 9.90 Å². The molecule has 2 heterocycles. The van der Waals surface area contributed by atoms with Crippen molar-refractivity contribution in [1.29, 1.82) is 0 Å². The number of hydrogen-bond donors (Lipinski definition) is 4. The number of rotatable bonds is 2. The highest BCUT2D eigenvalue weighted by Gasteiger charge is 2.37. The average molecular weight is 229 g/mol. The molecule has 1 aliphatic heterocycles. The van der Waals surface area contributed by atoms with Crippen molar-refractivity contribution in [3.05, 3.63) is 16.8 Å². The summed E-state index contributed by atoms with van der Waals surface area (Å²) in [5.41, 5.74) is 4.83. The first kappa shape index (κ1) is 11.0. The van der Waals surface area contributed by atoms with Gasteiger partial charge < -0.3 is 20.7 Å². The maximum atomic E-state index is 11.5. The molecular weight excluding hydrogens is 216 g/mol. The molecule has 1 aliphatic rings. The van der Waals surface area contributed by atoms with E-state index in [0.29, 0.717) is 0 Å². The highest BCUT2D eigenvalue weighted by Crippen LogP contribution is 2.23. The first-order chi connectivity index (χ1) is 7.61. The smallest absolute Gasteiger partial charge is 0.394 e. The molecule has 0 aromatic carbocycles. The Morgan fingerprint density at radius 1 is 1.75 bits per heavy atom. The number of aliphatic hydroxyl groups is 2.